The van der Waals surface area contributed by atoms with Gasteiger partial charge in [0.15, 0.2) is 5.75 Å². The average molecular weight is 277 g/mol. The Labute approximate surface area is 119 Å². The molecule has 2 aromatic heterocycles. The number of hydrogen-bond donors (Lipinski definition) is 1. The molecule has 0 aliphatic rings. The van der Waals surface area contributed by atoms with Gasteiger partial charge in [-0.15, -0.1) is 0 Å². The Morgan fingerprint density at radius 2 is 2.20 bits per heavy atom. The highest BCUT2D eigenvalue weighted by Gasteiger charge is 2.12. The molecular formula is C15H23N3O2. The van der Waals surface area contributed by atoms with Crippen LogP contribution in [0, 0.1) is 13.8 Å². The summed E-state index contributed by atoms with van der Waals surface area (Å²) in [4.78, 5) is 0. The maximum Gasteiger partial charge on any atom is 0.163 e. The lowest BCUT2D eigenvalue weighted by Crippen LogP contribution is -2.14. The molecule has 110 valence electrons. The van der Waals surface area contributed by atoms with Crippen LogP contribution in [0.15, 0.2) is 16.7 Å². The fourth-order valence-electron chi connectivity index (χ4n) is 2.14. The van der Waals surface area contributed by atoms with Crippen molar-refractivity contribution in [3.8, 4) is 5.75 Å². The molecule has 0 atom stereocenters. The number of furan rings is 1. The van der Waals surface area contributed by atoms with E-state index in [2.05, 4.69) is 17.3 Å². The van der Waals surface area contributed by atoms with E-state index in [0.717, 1.165) is 48.0 Å². The van der Waals surface area contributed by atoms with Crippen molar-refractivity contribution in [1.29, 1.82) is 0 Å². The lowest BCUT2D eigenvalue weighted by Gasteiger charge is -2.07. The van der Waals surface area contributed by atoms with Crippen LogP contribution in [0.4, 0.5) is 0 Å². The molecule has 2 heterocycles. The number of aryl methyl sites for hydroxylation is 2. The Morgan fingerprint density at radius 1 is 1.40 bits per heavy atom. The summed E-state index contributed by atoms with van der Waals surface area (Å²) in [7, 11) is 1.92. The van der Waals surface area contributed by atoms with Crippen LogP contribution in [-0.4, -0.2) is 16.3 Å². The quantitative estimate of drug-likeness (QED) is 0.791. The van der Waals surface area contributed by atoms with Gasteiger partial charge >= 0.3 is 0 Å². The third-order valence-electron chi connectivity index (χ3n) is 3.36. The molecule has 2 aromatic rings. The van der Waals surface area contributed by atoms with E-state index in [4.69, 9.17) is 9.15 Å². The van der Waals surface area contributed by atoms with Gasteiger partial charge in [-0.25, -0.2) is 0 Å². The highest BCUT2D eigenvalue weighted by Crippen LogP contribution is 2.23. The molecule has 0 spiro atoms. The second-order valence-electron chi connectivity index (χ2n) is 4.96. The third kappa shape index (κ3) is 3.22. The molecule has 5 heteroatoms. The van der Waals surface area contributed by atoms with Crippen LogP contribution in [0.3, 0.4) is 0 Å². The van der Waals surface area contributed by atoms with E-state index in [1.165, 1.54) is 0 Å². The molecule has 20 heavy (non-hydrogen) atoms. The first-order valence-corrected chi connectivity index (χ1v) is 7.02. The van der Waals surface area contributed by atoms with Crippen molar-refractivity contribution >= 4 is 0 Å². The van der Waals surface area contributed by atoms with Crippen molar-refractivity contribution in [3.05, 3.63) is 35.0 Å². The standard InChI is InChI=1S/C15H23N3O2/c1-5-7-16-9-14-13(6-8-19-14)10-20-15-11(2)17-18(4)12(15)3/h6,8,16H,5,7,9-10H2,1-4H3. The Kier molecular flexibility index (Phi) is 4.84. The fraction of sp³-hybridized carbons (Fsp3) is 0.533. The average Bonchev–Trinajstić information content (AvgIpc) is 2.95. The van der Waals surface area contributed by atoms with Gasteiger partial charge in [-0.2, -0.15) is 5.10 Å². The second-order valence-corrected chi connectivity index (χ2v) is 4.96. The molecule has 0 aliphatic carbocycles. The van der Waals surface area contributed by atoms with E-state index >= 15 is 0 Å². The largest absolute Gasteiger partial charge is 0.485 e. The van der Waals surface area contributed by atoms with Crippen LogP contribution >= 0.6 is 0 Å². The minimum atomic E-state index is 0.507. The Hall–Kier alpha value is -1.75. The zero-order valence-electron chi connectivity index (χ0n) is 12.7. The van der Waals surface area contributed by atoms with Gasteiger partial charge in [-0.05, 0) is 32.9 Å². The minimum Gasteiger partial charge on any atom is -0.485 e. The smallest absolute Gasteiger partial charge is 0.163 e. The molecule has 0 unspecified atom stereocenters. The Morgan fingerprint density at radius 3 is 2.85 bits per heavy atom. The zero-order chi connectivity index (χ0) is 14.5. The number of aromatic nitrogens is 2. The molecule has 0 aliphatic heterocycles. The number of ether oxygens (including phenoxy) is 1. The maximum absolute atomic E-state index is 5.91. The Bertz CT molecular complexity index is 557. The molecule has 0 fully saturated rings. The Balaban J connectivity index is 1.99. The van der Waals surface area contributed by atoms with Crippen molar-refractivity contribution in [2.45, 2.75) is 40.3 Å². The number of hydrogen-bond acceptors (Lipinski definition) is 4. The molecule has 0 radical (unpaired) electrons. The number of rotatable bonds is 7. The van der Waals surface area contributed by atoms with E-state index < -0.39 is 0 Å². The van der Waals surface area contributed by atoms with Crippen molar-refractivity contribution in [1.82, 2.24) is 15.1 Å². The second kappa shape index (κ2) is 6.61. The van der Waals surface area contributed by atoms with Crippen LogP contribution in [0.1, 0.15) is 36.1 Å². The summed E-state index contributed by atoms with van der Waals surface area (Å²) in [6, 6.07) is 1.96. The predicted octanol–water partition coefficient (Wildman–Crippen LogP) is 2.71. The molecule has 0 amide bonds. The molecule has 1 N–H and O–H groups in total. The summed E-state index contributed by atoms with van der Waals surface area (Å²) in [6.07, 6.45) is 2.82. The van der Waals surface area contributed by atoms with Crippen LogP contribution in [0.2, 0.25) is 0 Å². The maximum atomic E-state index is 5.91. The monoisotopic (exact) mass is 277 g/mol. The van der Waals surface area contributed by atoms with Crippen LogP contribution in [-0.2, 0) is 20.2 Å². The SMILES string of the molecule is CCCNCc1occc1COc1c(C)nn(C)c1C. The fourth-order valence-corrected chi connectivity index (χ4v) is 2.14. The summed E-state index contributed by atoms with van der Waals surface area (Å²) < 4.78 is 13.2. The highest BCUT2D eigenvalue weighted by molar-refractivity contribution is 5.32. The van der Waals surface area contributed by atoms with Gasteiger partial charge in [0.05, 0.1) is 18.5 Å². The van der Waals surface area contributed by atoms with E-state index in [0.29, 0.717) is 6.61 Å². The minimum absolute atomic E-state index is 0.507. The van der Waals surface area contributed by atoms with E-state index in [-0.39, 0.29) is 0 Å². The van der Waals surface area contributed by atoms with Gasteiger partial charge in [0, 0.05) is 12.6 Å². The van der Waals surface area contributed by atoms with Crippen LogP contribution < -0.4 is 10.1 Å². The lowest BCUT2D eigenvalue weighted by atomic mass is 10.2. The number of nitrogens with one attached hydrogen (secondary N) is 1. The van der Waals surface area contributed by atoms with Crippen molar-refractivity contribution in [2.24, 2.45) is 7.05 Å². The van der Waals surface area contributed by atoms with E-state index in [1.54, 1.807) is 6.26 Å². The molecule has 0 aromatic carbocycles. The first kappa shape index (κ1) is 14.7. The molecule has 0 bridgehead atoms. The van der Waals surface area contributed by atoms with Gasteiger partial charge in [0.2, 0.25) is 0 Å². The summed E-state index contributed by atoms with van der Waals surface area (Å²) >= 11 is 0. The molecule has 2 rings (SSSR count). The van der Waals surface area contributed by atoms with Gasteiger partial charge in [-0.1, -0.05) is 6.92 Å². The van der Waals surface area contributed by atoms with Gasteiger partial charge < -0.3 is 14.5 Å². The molecule has 5 nitrogen and oxygen atoms in total. The summed E-state index contributed by atoms with van der Waals surface area (Å²) in [6.45, 7) is 8.35. The molecular weight excluding hydrogens is 254 g/mol. The summed E-state index contributed by atoms with van der Waals surface area (Å²) in [5.41, 5.74) is 3.03. The van der Waals surface area contributed by atoms with E-state index in [1.807, 2.05) is 31.6 Å². The molecule has 0 saturated heterocycles. The first-order chi connectivity index (χ1) is 9.63. The normalized spacial score (nSPS) is 11.0. The highest BCUT2D eigenvalue weighted by atomic mass is 16.5. The van der Waals surface area contributed by atoms with Gasteiger partial charge in [0.25, 0.3) is 0 Å². The van der Waals surface area contributed by atoms with Crippen LogP contribution in [0.25, 0.3) is 0 Å². The third-order valence-corrected chi connectivity index (χ3v) is 3.36. The topological polar surface area (TPSA) is 52.2 Å². The number of nitrogens with zero attached hydrogens (tertiary/aromatic N) is 2. The lowest BCUT2D eigenvalue weighted by molar-refractivity contribution is 0.297. The molecule has 0 saturated carbocycles. The van der Waals surface area contributed by atoms with Crippen molar-refractivity contribution < 1.29 is 9.15 Å². The summed E-state index contributed by atoms with van der Waals surface area (Å²) in [5.74, 6) is 1.80. The van der Waals surface area contributed by atoms with Crippen molar-refractivity contribution in [2.75, 3.05) is 6.54 Å². The van der Waals surface area contributed by atoms with E-state index in [9.17, 15) is 0 Å². The van der Waals surface area contributed by atoms with Gasteiger partial charge in [0.1, 0.15) is 18.1 Å². The summed E-state index contributed by atoms with van der Waals surface area (Å²) in [5, 5.41) is 7.69. The zero-order valence-corrected chi connectivity index (χ0v) is 12.7. The van der Waals surface area contributed by atoms with Gasteiger partial charge in [-0.3, -0.25) is 4.68 Å². The predicted molar refractivity (Wildman–Crippen MR) is 77.7 cm³/mol. The van der Waals surface area contributed by atoms with Crippen LogP contribution in [0.5, 0.6) is 5.75 Å². The van der Waals surface area contributed by atoms with Crippen molar-refractivity contribution in [3.63, 3.8) is 0 Å². The first-order valence-electron chi connectivity index (χ1n) is 7.02.